The van der Waals surface area contributed by atoms with Crippen molar-refractivity contribution in [1.82, 2.24) is 0 Å². The Morgan fingerprint density at radius 1 is 1.36 bits per heavy atom. The molecule has 0 spiro atoms. The molecule has 1 aromatic carbocycles. The highest BCUT2D eigenvalue weighted by Gasteiger charge is 2.19. The van der Waals surface area contributed by atoms with Crippen molar-refractivity contribution in [2.75, 3.05) is 0 Å². The third-order valence-corrected chi connectivity index (χ3v) is 2.14. The average molecular weight is 192 g/mol. The molecule has 0 bridgehead atoms. The monoisotopic (exact) mass is 192 g/mol. The molecule has 1 unspecified atom stereocenters. The van der Waals surface area contributed by atoms with E-state index >= 15 is 0 Å². The van der Waals surface area contributed by atoms with Crippen LogP contribution in [0, 0.1) is 0 Å². The Balaban J connectivity index is 2.15. The van der Waals surface area contributed by atoms with Crippen LogP contribution in [-0.2, 0) is 11.2 Å². The Hall–Kier alpha value is -1.51. The maximum Gasteiger partial charge on any atom is 0.238 e. The number of rotatable bonds is 3. The Bertz CT molecular complexity index is 346. The zero-order valence-corrected chi connectivity index (χ0v) is 8.03. The van der Waals surface area contributed by atoms with Crippen LogP contribution in [0.1, 0.15) is 18.9 Å². The van der Waals surface area contributed by atoms with Crippen molar-refractivity contribution < 1.29 is 14.3 Å². The van der Waals surface area contributed by atoms with Gasteiger partial charge in [0.05, 0.1) is 0 Å². The van der Waals surface area contributed by atoms with E-state index in [2.05, 4.69) is 0 Å². The van der Waals surface area contributed by atoms with Crippen LogP contribution < -0.4 is 9.47 Å². The number of aryl methyl sites for hydroxylation is 1. The number of aldehydes is 1. The SMILES string of the molecule is CC1Oc2ccc(CCC=O)cc2O1. The van der Waals surface area contributed by atoms with Gasteiger partial charge in [0.2, 0.25) is 6.29 Å². The predicted octanol–water partition coefficient (Wildman–Crippen LogP) is 1.94. The minimum atomic E-state index is -0.202. The molecular formula is C11H12O3. The number of hydrogen-bond acceptors (Lipinski definition) is 3. The van der Waals surface area contributed by atoms with Crippen LogP contribution in [0.5, 0.6) is 11.5 Å². The molecule has 0 aliphatic carbocycles. The Kier molecular flexibility index (Phi) is 2.39. The molecule has 74 valence electrons. The summed E-state index contributed by atoms with van der Waals surface area (Å²) in [7, 11) is 0. The van der Waals surface area contributed by atoms with Gasteiger partial charge in [-0.3, -0.25) is 0 Å². The molecule has 0 amide bonds. The highest BCUT2D eigenvalue weighted by Crippen LogP contribution is 2.35. The Morgan fingerprint density at radius 3 is 2.93 bits per heavy atom. The molecule has 0 aromatic heterocycles. The highest BCUT2D eigenvalue weighted by atomic mass is 16.7. The molecule has 1 heterocycles. The molecule has 1 aliphatic rings. The third kappa shape index (κ3) is 1.71. The van der Waals surface area contributed by atoms with Crippen LogP contribution in [0.4, 0.5) is 0 Å². The quantitative estimate of drug-likeness (QED) is 0.686. The van der Waals surface area contributed by atoms with Crippen molar-refractivity contribution in [2.24, 2.45) is 0 Å². The second kappa shape index (κ2) is 3.70. The van der Waals surface area contributed by atoms with Gasteiger partial charge >= 0.3 is 0 Å². The number of benzene rings is 1. The van der Waals surface area contributed by atoms with Gasteiger partial charge in [0.25, 0.3) is 0 Å². The number of carbonyl (C=O) groups excluding carboxylic acids is 1. The molecule has 0 fully saturated rings. The lowest BCUT2D eigenvalue weighted by molar-refractivity contribution is -0.107. The van der Waals surface area contributed by atoms with E-state index in [1.54, 1.807) is 0 Å². The molecule has 0 N–H and O–H groups in total. The van der Waals surface area contributed by atoms with Crippen molar-refractivity contribution in [3.8, 4) is 11.5 Å². The van der Waals surface area contributed by atoms with Gasteiger partial charge in [-0.2, -0.15) is 0 Å². The van der Waals surface area contributed by atoms with Crippen LogP contribution >= 0.6 is 0 Å². The zero-order valence-electron chi connectivity index (χ0n) is 8.03. The molecule has 0 saturated carbocycles. The van der Waals surface area contributed by atoms with Crippen molar-refractivity contribution in [3.05, 3.63) is 23.8 Å². The number of ether oxygens (including phenoxy) is 2. The molecule has 2 rings (SSSR count). The van der Waals surface area contributed by atoms with Gasteiger partial charge < -0.3 is 14.3 Å². The fourth-order valence-corrected chi connectivity index (χ4v) is 1.50. The van der Waals surface area contributed by atoms with Crippen LogP contribution in [0.25, 0.3) is 0 Å². The first-order chi connectivity index (χ1) is 6.79. The second-order valence-corrected chi connectivity index (χ2v) is 3.29. The van der Waals surface area contributed by atoms with Gasteiger partial charge in [0.1, 0.15) is 6.29 Å². The van der Waals surface area contributed by atoms with Crippen molar-refractivity contribution in [1.29, 1.82) is 0 Å². The molecule has 0 radical (unpaired) electrons. The number of fused-ring (bicyclic) bond motifs is 1. The summed E-state index contributed by atoms with van der Waals surface area (Å²) in [5.41, 5.74) is 1.11. The second-order valence-electron chi connectivity index (χ2n) is 3.29. The van der Waals surface area contributed by atoms with Gasteiger partial charge in [-0.1, -0.05) is 6.07 Å². The summed E-state index contributed by atoms with van der Waals surface area (Å²) in [6.45, 7) is 1.85. The third-order valence-electron chi connectivity index (χ3n) is 2.14. The van der Waals surface area contributed by atoms with Crippen molar-refractivity contribution in [3.63, 3.8) is 0 Å². The summed E-state index contributed by atoms with van der Waals surface area (Å²) in [5.74, 6) is 1.56. The van der Waals surface area contributed by atoms with Gasteiger partial charge in [0.15, 0.2) is 11.5 Å². The van der Waals surface area contributed by atoms with Crippen LogP contribution in [0.3, 0.4) is 0 Å². The molecule has 3 heteroatoms. The van der Waals surface area contributed by atoms with Crippen LogP contribution in [0.15, 0.2) is 18.2 Å². The number of carbonyl (C=O) groups is 1. The normalized spacial score (nSPS) is 18.2. The van der Waals surface area contributed by atoms with E-state index in [4.69, 9.17) is 9.47 Å². The summed E-state index contributed by atoms with van der Waals surface area (Å²) >= 11 is 0. The molecule has 0 saturated heterocycles. The van der Waals surface area contributed by atoms with Gasteiger partial charge in [-0.05, 0) is 24.1 Å². The van der Waals surface area contributed by atoms with Crippen molar-refractivity contribution in [2.45, 2.75) is 26.1 Å². The van der Waals surface area contributed by atoms with Crippen molar-refractivity contribution >= 4 is 6.29 Å². The molecule has 1 aromatic rings. The molecule has 1 aliphatic heterocycles. The van der Waals surface area contributed by atoms with Gasteiger partial charge in [-0.15, -0.1) is 0 Å². The summed E-state index contributed by atoms with van der Waals surface area (Å²) in [4.78, 5) is 10.2. The summed E-state index contributed by atoms with van der Waals surface area (Å²) in [5, 5.41) is 0. The minimum absolute atomic E-state index is 0.202. The lowest BCUT2D eigenvalue weighted by Gasteiger charge is -2.00. The fraction of sp³-hybridized carbons (Fsp3) is 0.364. The lowest BCUT2D eigenvalue weighted by Crippen LogP contribution is -2.11. The minimum Gasteiger partial charge on any atom is -0.451 e. The van der Waals surface area contributed by atoms with E-state index in [9.17, 15) is 4.79 Å². The number of hydrogen-bond donors (Lipinski definition) is 0. The molecule has 1 atom stereocenters. The Labute approximate surface area is 82.6 Å². The lowest BCUT2D eigenvalue weighted by atomic mass is 10.1. The fourth-order valence-electron chi connectivity index (χ4n) is 1.50. The van der Waals surface area contributed by atoms with Gasteiger partial charge in [-0.25, -0.2) is 0 Å². The summed E-state index contributed by atoms with van der Waals surface area (Å²) < 4.78 is 10.8. The highest BCUT2D eigenvalue weighted by molar-refractivity contribution is 5.51. The van der Waals surface area contributed by atoms with E-state index in [0.717, 1.165) is 29.8 Å². The first-order valence-corrected chi connectivity index (χ1v) is 4.69. The smallest absolute Gasteiger partial charge is 0.238 e. The first-order valence-electron chi connectivity index (χ1n) is 4.69. The van der Waals surface area contributed by atoms with E-state index in [1.807, 2.05) is 25.1 Å². The Morgan fingerprint density at radius 2 is 2.14 bits per heavy atom. The summed E-state index contributed by atoms with van der Waals surface area (Å²) in [6, 6.07) is 5.78. The van der Waals surface area contributed by atoms with E-state index in [1.165, 1.54) is 0 Å². The first kappa shape index (κ1) is 9.06. The summed E-state index contributed by atoms with van der Waals surface area (Å²) in [6.07, 6.45) is 2.03. The molecule has 3 nitrogen and oxygen atoms in total. The van der Waals surface area contributed by atoms with Crippen LogP contribution in [0.2, 0.25) is 0 Å². The average Bonchev–Trinajstić information content (AvgIpc) is 2.54. The topological polar surface area (TPSA) is 35.5 Å². The standard InChI is InChI=1S/C11H12O3/c1-8-13-10-5-4-9(3-2-6-12)7-11(10)14-8/h4-8H,2-3H2,1H3. The molecular weight excluding hydrogens is 180 g/mol. The van der Waals surface area contributed by atoms with Crippen LogP contribution in [-0.4, -0.2) is 12.6 Å². The zero-order chi connectivity index (χ0) is 9.97. The van der Waals surface area contributed by atoms with E-state index in [0.29, 0.717) is 6.42 Å². The maximum absolute atomic E-state index is 10.2. The molecule has 14 heavy (non-hydrogen) atoms. The van der Waals surface area contributed by atoms with E-state index < -0.39 is 0 Å². The largest absolute Gasteiger partial charge is 0.451 e. The maximum atomic E-state index is 10.2. The predicted molar refractivity (Wildman–Crippen MR) is 51.5 cm³/mol. The van der Waals surface area contributed by atoms with Gasteiger partial charge in [0, 0.05) is 13.3 Å². The van der Waals surface area contributed by atoms with E-state index in [-0.39, 0.29) is 6.29 Å².